The van der Waals surface area contributed by atoms with Crippen molar-refractivity contribution in [2.75, 3.05) is 88.1 Å². The molecule has 9 heterocycles. The lowest BCUT2D eigenvalue weighted by atomic mass is 9.99. The number of methoxy groups -OCH3 is 2. The van der Waals surface area contributed by atoms with E-state index in [1.807, 2.05) is 65.3 Å². The molecule has 35 heteroatoms. The highest BCUT2D eigenvalue weighted by Gasteiger charge is 2.46. The summed E-state index contributed by atoms with van der Waals surface area (Å²) in [5.41, 5.74) is 7.68. The third kappa shape index (κ3) is 18.7. The van der Waals surface area contributed by atoms with E-state index in [0.717, 1.165) is 39.4 Å². The Morgan fingerprint density at radius 1 is 0.623 bits per heavy atom. The molecule has 5 aromatic carbocycles. The number of hydrogen-bond donors (Lipinski definition) is 4. The predicted octanol–water partition coefficient (Wildman–Crippen LogP) is 6.27. The number of nitrogens with zero attached hydrogens (tertiary/aromatic N) is 10. The van der Waals surface area contributed by atoms with Gasteiger partial charge in [0.05, 0.1) is 128 Å². The summed E-state index contributed by atoms with van der Waals surface area (Å²) < 4.78 is 94.3. The molecule has 14 rings (SSSR count). The molecule has 32 nitrogen and oxygen atoms in total. The van der Waals surface area contributed by atoms with Crippen molar-refractivity contribution in [1.82, 2.24) is 34.6 Å². The van der Waals surface area contributed by atoms with E-state index in [4.69, 9.17) is 61.0 Å². The monoisotopic (exact) mass is 1620 g/mol. The standard InChI is InChI=1S/C79H87N10O22S3/c1-84(16-19-103-20-17-85-40-54(82-83-85)46-105-23-22-104-21-18-86-71(91)12-13-72(86)92)76(96)51-8-11-62(108-79-75(95)74(94)73(93)68(43-90)109-79)67(29-51)111-114(99,100)110-57-9-6-47(7-10-57)41-89(2,3)42-48-26-49(44-106-65-34-60-58(32-63(65)101-4)77(97)87-38-52-14-24-112-69(52)30-55(87)36-80-60)28-50(27-48)45-107-66-35-61-59(33-64(66)102-5)78(98)88-39-53-15-25-113-70(53)31-56(88)37-81-61/h6-11,14-15,24-29,32-37,40,55-56,68,73-75,79,90,93-95H,12-13,16-23,30-31,38-39,41-46H2,1-5H3/q+1/t55-,56-,68+,73-,74-,75+,79?/m0/s1. The van der Waals surface area contributed by atoms with E-state index >= 15 is 0 Å². The minimum Gasteiger partial charge on any atom is -0.493 e. The van der Waals surface area contributed by atoms with E-state index < -0.39 is 65.1 Å². The summed E-state index contributed by atoms with van der Waals surface area (Å²) in [6.45, 7) is 2.89. The average molecular weight is 1620 g/mol. The third-order valence-corrected chi connectivity index (χ3v) is 22.9. The molecule has 0 spiro atoms. The Bertz CT molecular complexity index is 4870. The first-order chi connectivity index (χ1) is 55.0. The number of imide groups is 1. The maximum absolute atomic E-state index is 14.2. The molecule has 1 unspecified atom stereocenters. The normalized spacial score (nSPS) is 19.8. The maximum atomic E-state index is 14.2. The number of ether oxygens (including phenoxy) is 9. The number of hydrogen-bond acceptors (Lipinski definition) is 28. The summed E-state index contributed by atoms with van der Waals surface area (Å²) in [7, 11) is 3.53. The molecule has 2 saturated heterocycles. The van der Waals surface area contributed by atoms with Crippen LogP contribution >= 0.6 is 22.7 Å². The number of carbonyl (C=O) groups excluding carboxylic acids is 5. The average Bonchev–Trinajstić information content (AvgIpc) is 1.67. The zero-order valence-corrected chi connectivity index (χ0v) is 65.6. The van der Waals surface area contributed by atoms with Crippen molar-refractivity contribution < 1.29 is 108 Å². The van der Waals surface area contributed by atoms with Gasteiger partial charge in [0.2, 0.25) is 18.1 Å². The Hall–Kier alpha value is -10.3. The van der Waals surface area contributed by atoms with Gasteiger partial charge in [-0.1, -0.05) is 5.21 Å². The molecule has 0 bridgehead atoms. The molecule has 2 fully saturated rings. The zero-order valence-electron chi connectivity index (χ0n) is 63.1. The van der Waals surface area contributed by atoms with Crippen LogP contribution in [0.2, 0.25) is 0 Å². The Morgan fingerprint density at radius 2 is 1.20 bits per heavy atom. The lowest BCUT2D eigenvalue weighted by Gasteiger charge is -2.39. The van der Waals surface area contributed by atoms with Gasteiger partial charge in [0.25, 0.3) is 17.7 Å². The van der Waals surface area contributed by atoms with Gasteiger partial charge in [-0.25, -0.2) is 4.68 Å². The minimum atomic E-state index is -5.09. The molecule has 114 heavy (non-hydrogen) atoms. The lowest BCUT2D eigenvalue weighted by molar-refractivity contribution is -0.916. The number of aromatic nitrogens is 3. The number of carbonyl (C=O) groups is 5. The molecule has 0 saturated carbocycles. The number of likely N-dealkylation sites (N-methyl/N-ethyl adjacent to an activating group) is 1. The molecule has 0 radical (unpaired) electrons. The van der Waals surface area contributed by atoms with Crippen LogP contribution in [-0.4, -0.2) is 241 Å². The van der Waals surface area contributed by atoms with Crippen LogP contribution in [0.3, 0.4) is 0 Å². The fourth-order valence-corrected chi connectivity index (χ4v) is 16.9. The quantitative estimate of drug-likeness (QED) is 0.0196. The minimum absolute atomic E-state index is 0.0610. The van der Waals surface area contributed by atoms with E-state index in [2.05, 4.69) is 22.4 Å². The number of aliphatic imine (C=N–C) groups is 2. The number of fused-ring (bicyclic) bond motifs is 6. The maximum Gasteiger partial charge on any atom is 0.501 e. The molecule has 3 aromatic heterocycles. The Balaban J connectivity index is 0.633. The summed E-state index contributed by atoms with van der Waals surface area (Å²) >= 11 is 3.35. The topological polar surface area (TPSA) is 370 Å². The van der Waals surface area contributed by atoms with Gasteiger partial charge in [0.15, 0.2) is 34.5 Å². The number of benzene rings is 5. The summed E-state index contributed by atoms with van der Waals surface area (Å²) in [5, 5.41) is 54.2. The molecule has 7 atom stereocenters. The second kappa shape index (κ2) is 35.2. The lowest BCUT2D eigenvalue weighted by Crippen LogP contribution is -2.60. The highest BCUT2D eigenvalue weighted by atomic mass is 32.3. The fraction of sp³-hybridized carbons (Fsp3) is 0.405. The van der Waals surface area contributed by atoms with Gasteiger partial charge in [-0.3, -0.25) is 38.9 Å². The number of amides is 5. The van der Waals surface area contributed by atoms with E-state index in [0.29, 0.717) is 101 Å². The number of thiophene rings is 2. The molecule has 0 aliphatic carbocycles. The molecule has 602 valence electrons. The number of quaternary nitrogens is 1. The highest BCUT2D eigenvalue weighted by Crippen LogP contribution is 2.43. The van der Waals surface area contributed by atoms with Crippen molar-refractivity contribution in [2.45, 2.75) is 121 Å². The Labute approximate surface area is 664 Å². The molecular weight excluding hydrogens is 1540 g/mol. The summed E-state index contributed by atoms with van der Waals surface area (Å²) in [6, 6.07) is 26.4. The van der Waals surface area contributed by atoms with Crippen molar-refractivity contribution in [1.29, 1.82) is 0 Å². The van der Waals surface area contributed by atoms with Gasteiger partial charge >= 0.3 is 10.4 Å². The smallest absolute Gasteiger partial charge is 0.493 e. The van der Waals surface area contributed by atoms with Crippen molar-refractivity contribution in [3.63, 3.8) is 0 Å². The SMILES string of the molecule is COc1cc2c(cc1OCc1cc(COc3cc4c(cc3OC)C(=O)N3Cc5ccsc5C[C@H]3C=N4)cc(C[N+](C)(C)Cc3ccc(OS(=O)(=O)Oc4cc(C(=O)N(C)CCOCCn5cc(COCCOCCN6C(=O)CCC6=O)nn5)ccc4OC4O[C@H](CO)[C@H](O)[C@H](O)[C@H]4O)cc3)c1)N=C[C@@H]1Cc3sccc3CN1C2=O. The van der Waals surface area contributed by atoms with Crippen LogP contribution in [-0.2, 0) is 104 Å². The largest absolute Gasteiger partial charge is 0.501 e. The van der Waals surface area contributed by atoms with E-state index in [-0.39, 0.29) is 126 Å². The van der Waals surface area contributed by atoms with Crippen LogP contribution in [0.4, 0.5) is 11.4 Å². The molecular formula is C79H87N10O22S3+. The van der Waals surface area contributed by atoms with E-state index in [1.54, 1.807) is 70.0 Å². The van der Waals surface area contributed by atoms with Gasteiger partial charge in [0.1, 0.15) is 62.2 Å². The predicted molar refractivity (Wildman–Crippen MR) is 412 cm³/mol. The van der Waals surface area contributed by atoms with Crippen LogP contribution < -0.4 is 32.1 Å². The van der Waals surface area contributed by atoms with Crippen molar-refractivity contribution in [2.24, 2.45) is 9.98 Å². The van der Waals surface area contributed by atoms with Gasteiger partial charge < -0.3 is 90.6 Å². The second-order valence-electron chi connectivity index (χ2n) is 28.8. The third-order valence-electron chi connectivity index (χ3n) is 20.2. The van der Waals surface area contributed by atoms with Gasteiger partial charge in [0, 0.05) is 103 Å². The molecule has 5 amide bonds. The highest BCUT2D eigenvalue weighted by molar-refractivity contribution is 7.82. The Kier molecular flexibility index (Phi) is 24.8. The molecule has 4 N–H and O–H groups in total. The Morgan fingerprint density at radius 3 is 1.81 bits per heavy atom. The van der Waals surface area contributed by atoms with Crippen LogP contribution in [0.5, 0.6) is 40.2 Å². The second-order valence-corrected chi connectivity index (χ2v) is 32.0. The van der Waals surface area contributed by atoms with Crippen LogP contribution in [0.25, 0.3) is 0 Å². The van der Waals surface area contributed by atoms with Gasteiger partial charge in [-0.05, 0) is 118 Å². The molecule has 8 aromatic rings. The summed E-state index contributed by atoms with van der Waals surface area (Å²) in [6.07, 6.45) is -1.53. The fourth-order valence-electron chi connectivity index (χ4n) is 14.3. The number of likely N-dealkylation sites (tertiary alicyclic amines) is 1. The summed E-state index contributed by atoms with van der Waals surface area (Å²) in [4.78, 5) is 84.3. The molecule has 6 aliphatic rings. The molecule has 6 aliphatic heterocycles. The number of rotatable bonds is 34. The number of aliphatic hydroxyl groups is 4. The van der Waals surface area contributed by atoms with E-state index in [9.17, 15) is 52.8 Å². The van der Waals surface area contributed by atoms with Crippen molar-refractivity contribution >= 4 is 86.4 Å². The zero-order chi connectivity index (χ0) is 80.0. The van der Waals surface area contributed by atoms with Crippen LogP contribution in [0.15, 0.2) is 124 Å². The van der Waals surface area contributed by atoms with Gasteiger partial charge in [-0.2, -0.15) is 0 Å². The van der Waals surface area contributed by atoms with Crippen LogP contribution in [0.1, 0.15) is 92.7 Å². The first-order valence-corrected chi connectivity index (χ1v) is 40.0. The van der Waals surface area contributed by atoms with E-state index in [1.165, 1.54) is 65.1 Å². The van der Waals surface area contributed by atoms with Crippen LogP contribution in [0, 0.1) is 0 Å². The van der Waals surface area contributed by atoms with Crippen molar-refractivity contribution in [3.8, 4) is 40.2 Å². The van der Waals surface area contributed by atoms with Crippen molar-refractivity contribution in [3.05, 3.63) is 180 Å². The summed E-state index contributed by atoms with van der Waals surface area (Å²) in [5.74, 6) is -0.981. The number of aliphatic hydroxyl groups excluding tert-OH is 4. The first-order valence-electron chi connectivity index (χ1n) is 37.0. The van der Waals surface area contributed by atoms with Gasteiger partial charge in [-0.15, -0.1) is 36.2 Å². The first kappa shape index (κ1) is 80.3.